The average Bonchev–Trinajstić information content (AvgIpc) is 4.09. The van der Waals surface area contributed by atoms with E-state index in [9.17, 15) is 19.2 Å². The highest BCUT2D eigenvalue weighted by atomic mass is 32.2. The molecule has 6 rings (SSSR count). The highest BCUT2D eigenvalue weighted by molar-refractivity contribution is 8.14. The van der Waals surface area contributed by atoms with Crippen LogP contribution in [0.2, 0.25) is 0 Å². The number of nitrogens with zero attached hydrogens (tertiary/aromatic N) is 10. The van der Waals surface area contributed by atoms with Crippen molar-refractivity contribution in [1.82, 2.24) is 54.5 Å². The topological polar surface area (TPSA) is 230 Å². The molecule has 0 amide bonds. The van der Waals surface area contributed by atoms with E-state index < -0.39 is 17.1 Å². The van der Waals surface area contributed by atoms with Gasteiger partial charge in [0.25, 0.3) is 5.12 Å². The van der Waals surface area contributed by atoms with E-state index in [1.54, 1.807) is 76.7 Å². The zero-order valence-electron chi connectivity index (χ0n) is 35.5. The predicted octanol–water partition coefficient (Wildman–Crippen LogP) is 8.40. The highest BCUT2D eigenvalue weighted by Gasteiger charge is 2.10. The number of thiazole rings is 2. The number of aromatic nitrogens is 11. The fraction of sp³-hybridized carbons (Fsp3) is 0.444. The van der Waals surface area contributed by atoms with Gasteiger partial charge in [0, 0.05) is 23.8 Å². The number of H-pyrrole nitrogens is 1. The van der Waals surface area contributed by atoms with Crippen LogP contribution in [0.5, 0.6) is 0 Å². The van der Waals surface area contributed by atoms with Gasteiger partial charge in [-0.1, -0.05) is 92.2 Å². The van der Waals surface area contributed by atoms with Crippen LogP contribution in [0.3, 0.4) is 0 Å². The Bertz CT molecular complexity index is 2240. The summed E-state index contributed by atoms with van der Waals surface area (Å²) in [7, 11) is 3.48. The Kier molecular flexibility index (Phi) is 30.0. The van der Waals surface area contributed by atoms with Crippen molar-refractivity contribution in [3.63, 3.8) is 0 Å². The minimum atomic E-state index is -0.792. The molecule has 61 heavy (non-hydrogen) atoms. The van der Waals surface area contributed by atoms with Gasteiger partial charge in [0.2, 0.25) is 5.16 Å². The maximum Gasteiger partial charge on any atom is 0.339 e. The van der Waals surface area contributed by atoms with Crippen LogP contribution in [0.15, 0.2) is 69.0 Å². The molecule has 0 fully saturated rings. The Hall–Kier alpha value is -3.59. The smallest absolute Gasteiger partial charge is 0.339 e. The number of thioether (sulfide) groups is 5. The van der Waals surface area contributed by atoms with E-state index in [-0.39, 0.29) is 11.5 Å². The third-order valence-corrected chi connectivity index (χ3v) is 13.6. The summed E-state index contributed by atoms with van der Waals surface area (Å²) < 4.78 is 13.9. The number of nitrogens with one attached hydrogen (secondary N) is 1. The SMILES string of the molecule is C/C=C\c1scnc1C.CCSC(=O)c1ccco1.CCSc1cnns1.CCSc1nc(=O)c(=O)[nH]n1C.CCSc1nc(C)c(CC(=O)O)s1.CCSc1nnnn1C. The van der Waals surface area contributed by atoms with Crippen LogP contribution in [-0.4, -0.2) is 99.5 Å². The third kappa shape index (κ3) is 23.4. The largest absolute Gasteiger partial charge is 0.481 e. The molecule has 6 aromatic rings. The van der Waals surface area contributed by atoms with E-state index in [2.05, 4.69) is 72.0 Å². The second kappa shape index (κ2) is 33.0. The van der Waals surface area contributed by atoms with Crippen molar-refractivity contribution in [3.05, 3.63) is 83.8 Å². The van der Waals surface area contributed by atoms with Crippen molar-refractivity contribution < 1.29 is 19.1 Å². The van der Waals surface area contributed by atoms with Gasteiger partial charge in [-0.25, -0.2) is 14.6 Å². The monoisotopic (exact) mass is 989 g/mol. The molecule has 0 aliphatic heterocycles. The molecule has 0 aliphatic rings. The minimum Gasteiger partial charge on any atom is -0.481 e. The number of aliphatic carboxylic acids is 1. The number of carbonyl (C=O) groups excluding carboxylic acids is 1. The Morgan fingerprint density at radius 3 is 2.13 bits per heavy atom. The Labute approximate surface area is 388 Å². The molecular formula is C36H51N11O6S8. The molecular weight excluding hydrogens is 939 g/mol. The van der Waals surface area contributed by atoms with Crippen molar-refractivity contribution in [3.8, 4) is 0 Å². The standard InChI is InChI=1S/C8H11NO2S2.C7H9NS.C7H8O2S.C6H9N3O2S.C4H8N4S.C4H6N2S2/c1-3-12-8-9-5(2)6(13-8)4-7(10)11;1-3-4-7-6(2)8-5-9-7;1-2-10-7(8)6-4-3-5-9-6;1-3-12-6-7-4(10)5(11)8-9(6)2;1-3-9-4-5-6-7-8(4)2;1-2-7-4-3-5-6-8-4/h3-4H2,1-2H3,(H,10,11);3-5H,1-2H3;3-5H,2H2,1H3;3H2,1-2H3,(H,8,11);3H2,1-2H3;3H,2H2,1H3/b;4-3-;;;;. The summed E-state index contributed by atoms with van der Waals surface area (Å²) in [5.41, 5.74) is 2.42. The molecule has 334 valence electrons. The second-order valence-corrected chi connectivity index (χ2v) is 20.3. The average molecular weight is 990 g/mol. The van der Waals surface area contributed by atoms with Crippen molar-refractivity contribution in [2.75, 3.05) is 28.8 Å². The molecule has 0 aromatic carbocycles. The molecule has 0 unspecified atom stereocenters. The lowest BCUT2D eigenvalue weighted by atomic mass is 10.3. The normalized spacial score (nSPS) is 10.1. The summed E-state index contributed by atoms with van der Waals surface area (Å²) in [5.74, 6) is 4.33. The zero-order valence-corrected chi connectivity index (χ0v) is 42.0. The van der Waals surface area contributed by atoms with Crippen molar-refractivity contribution in [2.24, 2.45) is 14.1 Å². The molecule has 0 radical (unpaired) electrons. The maximum absolute atomic E-state index is 11.0. The number of allylic oxidation sites excluding steroid dienone is 1. The van der Waals surface area contributed by atoms with Crippen LogP contribution in [0, 0.1) is 13.8 Å². The fourth-order valence-electron chi connectivity index (χ4n) is 3.66. The molecule has 0 atom stereocenters. The van der Waals surface area contributed by atoms with Gasteiger partial charge in [0.15, 0.2) is 10.9 Å². The van der Waals surface area contributed by atoms with Gasteiger partial charge in [-0.05, 0) is 89.7 Å². The molecule has 0 aliphatic carbocycles. The molecule has 0 bridgehead atoms. The first-order valence-electron chi connectivity index (χ1n) is 18.3. The number of hydrogen-bond donors (Lipinski definition) is 2. The van der Waals surface area contributed by atoms with E-state index in [0.717, 1.165) is 54.5 Å². The third-order valence-electron chi connectivity index (χ3n) is 6.25. The number of tetrazole rings is 1. The van der Waals surface area contributed by atoms with Gasteiger partial charge in [-0.3, -0.25) is 29.0 Å². The quantitative estimate of drug-likeness (QED) is 0.0817. The lowest BCUT2D eigenvalue weighted by Crippen LogP contribution is -2.33. The van der Waals surface area contributed by atoms with Crippen molar-refractivity contribution in [1.29, 1.82) is 0 Å². The Morgan fingerprint density at radius 1 is 0.934 bits per heavy atom. The van der Waals surface area contributed by atoms with Crippen molar-refractivity contribution in [2.45, 2.75) is 80.7 Å². The number of aromatic amines is 1. The molecule has 17 nitrogen and oxygen atoms in total. The molecule has 6 heterocycles. The Morgan fingerprint density at radius 2 is 1.62 bits per heavy atom. The van der Waals surface area contributed by atoms with Gasteiger partial charge in [-0.2, -0.15) is 4.98 Å². The molecule has 0 saturated heterocycles. The molecule has 0 spiro atoms. The van der Waals surface area contributed by atoms with Crippen LogP contribution < -0.4 is 11.1 Å². The van der Waals surface area contributed by atoms with Gasteiger partial charge in [0.05, 0.1) is 35.8 Å². The molecule has 0 saturated carbocycles. The maximum atomic E-state index is 11.0. The van der Waals surface area contributed by atoms with E-state index in [0.29, 0.717) is 10.9 Å². The minimum absolute atomic E-state index is 0.00694. The zero-order chi connectivity index (χ0) is 45.6. The van der Waals surface area contributed by atoms with Crippen LogP contribution in [-0.2, 0) is 25.3 Å². The van der Waals surface area contributed by atoms with E-state index in [4.69, 9.17) is 9.52 Å². The molecule has 6 aromatic heterocycles. The molecule has 25 heteroatoms. The number of carboxylic acid groups (broad SMARTS) is 1. The number of aryl methyl sites for hydroxylation is 4. The summed E-state index contributed by atoms with van der Waals surface area (Å²) in [4.78, 5) is 57.0. The van der Waals surface area contributed by atoms with Crippen LogP contribution >= 0.6 is 93.0 Å². The summed E-state index contributed by atoms with van der Waals surface area (Å²) in [5, 5.41) is 27.0. The fourth-order valence-corrected chi connectivity index (χ4v) is 9.63. The summed E-state index contributed by atoms with van der Waals surface area (Å²) in [6, 6.07) is 3.38. The summed E-state index contributed by atoms with van der Waals surface area (Å²) in [6.07, 6.45) is 7.49. The highest BCUT2D eigenvalue weighted by Crippen LogP contribution is 2.27. The van der Waals surface area contributed by atoms with Crippen LogP contribution in [0.1, 0.15) is 73.2 Å². The summed E-state index contributed by atoms with van der Waals surface area (Å²) >= 11 is 12.3. The lowest BCUT2D eigenvalue weighted by molar-refractivity contribution is -0.136. The lowest BCUT2D eigenvalue weighted by Gasteiger charge is -2.02. The first-order chi connectivity index (χ1) is 29.2. The Balaban J connectivity index is 0.000000369. The number of rotatable bonds is 13. The van der Waals surface area contributed by atoms with Crippen molar-refractivity contribution >= 4 is 110 Å². The van der Waals surface area contributed by atoms with E-state index in [1.165, 1.54) is 66.4 Å². The first-order valence-corrected chi connectivity index (χ1v) is 25.7. The van der Waals surface area contributed by atoms with Gasteiger partial charge in [0.1, 0.15) is 8.55 Å². The number of carbonyl (C=O) groups is 2. The van der Waals surface area contributed by atoms with E-state index in [1.807, 2.05) is 53.3 Å². The van der Waals surface area contributed by atoms with Gasteiger partial charge >= 0.3 is 17.1 Å². The first kappa shape index (κ1) is 55.4. The number of furan rings is 1. The van der Waals surface area contributed by atoms with E-state index >= 15 is 0 Å². The van der Waals surface area contributed by atoms with Gasteiger partial charge in [-0.15, -0.1) is 44.6 Å². The summed E-state index contributed by atoms with van der Waals surface area (Å²) in [6.45, 7) is 16.0. The number of carboxylic acids is 1. The second-order valence-electron chi connectivity index (χ2n) is 10.8. The van der Waals surface area contributed by atoms with Gasteiger partial charge < -0.3 is 9.52 Å². The molecule has 2 N–H and O–H groups in total. The number of hydrogen-bond acceptors (Lipinski definition) is 21. The van der Waals surface area contributed by atoms with Crippen LogP contribution in [0.25, 0.3) is 6.08 Å². The predicted molar refractivity (Wildman–Crippen MR) is 255 cm³/mol. The van der Waals surface area contributed by atoms with Crippen LogP contribution in [0.4, 0.5) is 0 Å².